The maximum absolute atomic E-state index is 11.7. The Morgan fingerprint density at radius 2 is 2.20 bits per heavy atom. The lowest BCUT2D eigenvalue weighted by molar-refractivity contribution is -0.120. The number of H-pyrrole nitrogens is 1. The fourth-order valence-corrected chi connectivity index (χ4v) is 3.53. The predicted octanol–water partition coefficient (Wildman–Crippen LogP) is 2.50. The Bertz CT molecular complexity index is 430. The van der Waals surface area contributed by atoms with E-state index in [4.69, 9.17) is 0 Å². The van der Waals surface area contributed by atoms with Crippen molar-refractivity contribution in [3.05, 3.63) is 22.5 Å². The number of aromatic amines is 1. The molecule has 1 fully saturated rings. The summed E-state index contributed by atoms with van der Waals surface area (Å²) >= 11 is 0. The van der Waals surface area contributed by atoms with E-state index in [0.717, 1.165) is 25.7 Å². The van der Waals surface area contributed by atoms with Crippen LogP contribution in [-0.4, -0.2) is 10.8 Å². The summed E-state index contributed by atoms with van der Waals surface area (Å²) in [7, 11) is 0. The molecular formula is C13H17NO. The van der Waals surface area contributed by atoms with Gasteiger partial charge in [-0.3, -0.25) is 4.79 Å². The van der Waals surface area contributed by atoms with E-state index in [2.05, 4.69) is 18.8 Å². The zero-order chi connectivity index (χ0) is 10.6. The standard InChI is InChI=1S/C13H17NO/c1-3-11-10-6-9-8(4-5-12(9)15)13(10)7(2)14-11/h8-9,14H,3-6H2,1-2H3. The molecule has 0 radical (unpaired) electrons. The molecular weight excluding hydrogens is 186 g/mol. The van der Waals surface area contributed by atoms with Crippen LogP contribution in [0, 0.1) is 12.8 Å². The zero-order valence-electron chi connectivity index (χ0n) is 9.39. The second-order valence-electron chi connectivity index (χ2n) is 4.90. The molecule has 1 aromatic rings. The number of rotatable bonds is 1. The van der Waals surface area contributed by atoms with E-state index in [1.165, 1.54) is 22.5 Å². The number of fused-ring (bicyclic) bond motifs is 3. The van der Waals surface area contributed by atoms with Crippen molar-refractivity contribution in [2.75, 3.05) is 0 Å². The number of ketones is 1. The van der Waals surface area contributed by atoms with Gasteiger partial charge in [0, 0.05) is 23.7 Å². The quantitative estimate of drug-likeness (QED) is 0.747. The van der Waals surface area contributed by atoms with Gasteiger partial charge in [0.15, 0.2) is 0 Å². The molecule has 3 rings (SSSR count). The normalized spacial score (nSPS) is 28.3. The Hall–Kier alpha value is -1.05. The molecule has 2 heteroatoms. The van der Waals surface area contributed by atoms with Crippen LogP contribution >= 0.6 is 0 Å². The van der Waals surface area contributed by atoms with E-state index in [9.17, 15) is 4.79 Å². The molecule has 80 valence electrons. The van der Waals surface area contributed by atoms with E-state index in [0.29, 0.717) is 17.6 Å². The molecule has 2 nitrogen and oxygen atoms in total. The first kappa shape index (κ1) is 9.20. The van der Waals surface area contributed by atoms with Crippen molar-refractivity contribution in [3.63, 3.8) is 0 Å². The lowest BCUT2D eigenvalue weighted by Crippen LogP contribution is -2.10. The van der Waals surface area contributed by atoms with Crippen LogP contribution in [0.3, 0.4) is 0 Å². The molecule has 0 amide bonds. The van der Waals surface area contributed by atoms with Gasteiger partial charge in [-0.05, 0) is 43.2 Å². The zero-order valence-corrected chi connectivity index (χ0v) is 9.39. The van der Waals surface area contributed by atoms with Crippen LogP contribution in [0.15, 0.2) is 0 Å². The molecule has 0 aliphatic heterocycles. The van der Waals surface area contributed by atoms with Crippen molar-refractivity contribution in [3.8, 4) is 0 Å². The van der Waals surface area contributed by atoms with Crippen molar-refractivity contribution in [2.24, 2.45) is 5.92 Å². The topological polar surface area (TPSA) is 32.9 Å². The van der Waals surface area contributed by atoms with Crippen LogP contribution in [-0.2, 0) is 17.6 Å². The second-order valence-corrected chi connectivity index (χ2v) is 4.90. The van der Waals surface area contributed by atoms with Gasteiger partial charge in [-0.2, -0.15) is 0 Å². The molecule has 1 aromatic heterocycles. The number of carbonyl (C=O) groups is 1. The molecule has 2 aliphatic rings. The molecule has 2 unspecified atom stereocenters. The maximum Gasteiger partial charge on any atom is 0.136 e. The van der Waals surface area contributed by atoms with Gasteiger partial charge in [-0.15, -0.1) is 0 Å². The van der Waals surface area contributed by atoms with E-state index < -0.39 is 0 Å². The van der Waals surface area contributed by atoms with Crippen LogP contribution in [0.5, 0.6) is 0 Å². The summed E-state index contributed by atoms with van der Waals surface area (Å²) in [5.41, 5.74) is 5.63. The van der Waals surface area contributed by atoms with Gasteiger partial charge in [0.2, 0.25) is 0 Å². The highest BCUT2D eigenvalue weighted by atomic mass is 16.1. The Morgan fingerprint density at radius 3 is 2.93 bits per heavy atom. The smallest absolute Gasteiger partial charge is 0.136 e. The van der Waals surface area contributed by atoms with Gasteiger partial charge < -0.3 is 4.98 Å². The summed E-state index contributed by atoms with van der Waals surface area (Å²) < 4.78 is 0. The molecule has 15 heavy (non-hydrogen) atoms. The van der Waals surface area contributed by atoms with Gasteiger partial charge in [0.05, 0.1) is 0 Å². The predicted molar refractivity (Wildman–Crippen MR) is 59.1 cm³/mol. The van der Waals surface area contributed by atoms with Crippen molar-refractivity contribution < 1.29 is 4.79 Å². The van der Waals surface area contributed by atoms with Gasteiger partial charge in [0.25, 0.3) is 0 Å². The van der Waals surface area contributed by atoms with E-state index in [1.807, 2.05) is 0 Å². The number of hydrogen-bond donors (Lipinski definition) is 1. The maximum atomic E-state index is 11.7. The van der Waals surface area contributed by atoms with Gasteiger partial charge in [-0.25, -0.2) is 0 Å². The SMILES string of the molecule is CCc1[nH]c(C)c2c1CC1C(=O)CCC21. The number of aromatic nitrogens is 1. The highest BCUT2D eigenvalue weighted by Crippen LogP contribution is 2.48. The molecule has 0 spiro atoms. The molecule has 0 saturated heterocycles. The van der Waals surface area contributed by atoms with Crippen molar-refractivity contribution in [1.82, 2.24) is 4.98 Å². The number of Topliss-reactive ketones (excluding diaryl/α,β-unsaturated/α-hetero) is 1. The van der Waals surface area contributed by atoms with Crippen molar-refractivity contribution in [1.29, 1.82) is 0 Å². The van der Waals surface area contributed by atoms with Crippen LogP contribution in [0.25, 0.3) is 0 Å². The fourth-order valence-electron chi connectivity index (χ4n) is 3.53. The summed E-state index contributed by atoms with van der Waals surface area (Å²) in [5.74, 6) is 1.37. The summed E-state index contributed by atoms with van der Waals surface area (Å²) in [6, 6.07) is 0. The third-order valence-corrected chi connectivity index (χ3v) is 4.18. The van der Waals surface area contributed by atoms with Gasteiger partial charge >= 0.3 is 0 Å². The highest BCUT2D eigenvalue weighted by Gasteiger charge is 2.43. The molecule has 2 atom stereocenters. The van der Waals surface area contributed by atoms with E-state index >= 15 is 0 Å². The number of hydrogen-bond acceptors (Lipinski definition) is 1. The van der Waals surface area contributed by atoms with Crippen LogP contribution in [0.1, 0.15) is 48.2 Å². The lowest BCUT2D eigenvalue weighted by atomic mass is 9.95. The summed E-state index contributed by atoms with van der Waals surface area (Å²) in [6.07, 6.45) is 3.95. The molecule has 0 aromatic carbocycles. The Kier molecular flexibility index (Phi) is 1.82. The van der Waals surface area contributed by atoms with Crippen LogP contribution in [0.4, 0.5) is 0 Å². The second kappa shape index (κ2) is 2.97. The molecule has 0 bridgehead atoms. The first-order valence-electron chi connectivity index (χ1n) is 5.95. The molecule has 1 N–H and O–H groups in total. The number of nitrogens with one attached hydrogen (secondary N) is 1. The fraction of sp³-hybridized carbons (Fsp3) is 0.615. The first-order chi connectivity index (χ1) is 7.22. The van der Waals surface area contributed by atoms with Crippen molar-refractivity contribution in [2.45, 2.75) is 45.4 Å². The van der Waals surface area contributed by atoms with Gasteiger partial charge in [0.1, 0.15) is 5.78 Å². The lowest BCUT2D eigenvalue weighted by Gasteiger charge is -2.08. The number of aryl methyl sites for hydroxylation is 2. The Balaban J connectivity index is 2.10. The van der Waals surface area contributed by atoms with Crippen LogP contribution in [0.2, 0.25) is 0 Å². The minimum atomic E-state index is 0.327. The Labute approximate surface area is 90.1 Å². The van der Waals surface area contributed by atoms with E-state index in [1.54, 1.807) is 0 Å². The average Bonchev–Trinajstić information content (AvgIpc) is 2.82. The third kappa shape index (κ3) is 1.08. The monoisotopic (exact) mass is 203 g/mol. The largest absolute Gasteiger partial charge is 0.362 e. The average molecular weight is 203 g/mol. The Morgan fingerprint density at radius 1 is 1.40 bits per heavy atom. The summed E-state index contributed by atoms with van der Waals surface area (Å²) in [6.45, 7) is 4.34. The minimum Gasteiger partial charge on any atom is -0.362 e. The third-order valence-electron chi connectivity index (χ3n) is 4.18. The van der Waals surface area contributed by atoms with Crippen LogP contribution < -0.4 is 0 Å². The highest BCUT2D eigenvalue weighted by molar-refractivity contribution is 5.86. The first-order valence-corrected chi connectivity index (χ1v) is 5.95. The molecule has 1 heterocycles. The number of carbonyl (C=O) groups excluding carboxylic acids is 1. The minimum absolute atomic E-state index is 0.327. The van der Waals surface area contributed by atoms with Crippen molar-refractivity contribution >= 4 is 5.78 Å². The molecule has 1 saturated carbocycles. The summed E-state index contributed by atoms with van der Waals surface area (Å²) in [5, 5.41) is 0. The molecule has 2 aliphatic carbocycles. The van der Waals surface area contributed by atoms with E-state index in [-0.39, 0.29) is 0 Å². The summed E-state index contributed by atoms with van der Waals surface area (Å²) in [4.78, 5) is 15.2. The van der Waals surface area contributed by atoms with Gasteiger partial charge in [-0.1, -0.05) is 6.92 Å².